The van der Waals surface area contributed by atoms with Gasteiger partial charge in [-0.25, -0.2) is 22.0 Å². The van der Waals surface area contributed by atoms with Gasteiger partial charge in [0.15, 0.2) is 10.1 Å². The van der Waals surface area contributed by atoms with Crippen LogP contribution in [0, 0.1) is 0 Å². The van der Waals surface area contributed by atoms with Crippen LogP contribution < -0.4 is 26.1 Å². The van der Waals surface area contributed by atoms with Crippen LogP contribution in [0.15, 0.2) is 95.2 Å². The van der Waals surface area contributed by atoms with Crippen molar-refractivity contribution in [1.29, 1.82) is 0 Å². The molecule has 2 unspecified atom stereocenters. The molecule has 0 spiro atoms. The molecule has 0 saturated carbocycles. The highest BCUT2D eigenvalue weighted by molar-refractivity contribution is 7.89. The number of rotatable bonds is 19. The van der Waals surface area contributed by atoms with E-state index in [2.05, 4.69) is 22.3 Å². The Hall–Kier alpha value is -5.68. The van der Waals surface area contributed by atoms with Crippen LogP contribution in [-0.2, 0) is 84.8 Å². The lowest BCUT2D eigenvalue weighted by Crippen LogP contribution is -2.30. The van der Waals surface area contributed by atoms with Gasteiger partial charge in [-0.2, -0.15) is 14.5 Å². The SMILES string of the molecule is COc1ccc(CN(Cc2ccc(OC)cc2)S(=O)(=O)c2ccn(CCCCC3CCc4cc5c(c(N)c43)CCC5)n2)cc1.Nc1c2c(cc3c1C(CCCCn1ccc(S(N)(=O)=O)n1)CC3)CCC2. The van der Waals surface area contributed by atoms with Crippen molar-refractivity contribution >= 4 is 31.4 Å². The Bertz CT molecular complexity index is 2970. The van der Waals surface area contributed by atoms with Crippen molar-refractivity contribution in [3.05, 3.63) is 141 Å². The van der Waals surface area contributed by atoms with Gasteiger partial charge in [0.25, 0.3) is 20.0 Å². The molecule has 14 nitrogen and oxygen atoms in total. The molecule has 0 aliphatic heterocycles. The zero-order chi connectivity index (χ0) is 49.0. The lowest BCUT2D eigenvalue weighted by Gasteiger charge is -2.21. The van der Waals surface area contributed by atoms with Gasteiger partial charge < -0.3 is 20.9 Å². The Kier molecular flexibility index (Phi) is 15.0. The van der Waals surface area contributed by atoms with Gasteiger partial charge in [-0.1, -0.05) is 49.2 Å². The topological polar surface area (TPSA) is 204 Å². The highest BCUT2D eigenvalue weighted by Crippen LogP contribution is 2.46. The van der Waals surface area contributed by atoms with Gasteiger partial charge in [0.05, 0.1) is 14.2 Å². The third kappa shape index (κ3) is 10.9. The maximum absolute atomic E-state index is 13.9. The van der Waals surface area contributed by atoms with Crippen LogP contribution in [-0.4, -0.2) is 54.9 Å². The molecule has 2 atom stereocenters. The van der Waals surface area contributed by atoms with E-state index in [9.17, 15) is 16.8 Å². The summed E-state index contributed by atoms with van der Waals surface area (Å²) >= 11 is 0. The summed E-state index contributed by atoms with van der Waals surface area (Å²) in [5, 5.41) is 13.6. The van der Waals surface area contributed by atoms with Gasteiger partial charge in [0.1, 0.15) is 11.5 Å². The number of benzene rings is 4. The van der Waals surface area contributed by atoms with Crippen LogP contribution in [0.1, 0.15) is 132 Å². The fraction of sp³-hybridized carbons (Fsp3) is 0.444. The van der Waals surface area contributed by atoms with Crippen molar-refractivity contribution in [1.82, 2.24) is 23.9 Å². The lowest BCUT2D eigenvalue weighted by atomic mass is 9.91. The molecule has 4 aromatic carbocycles. The number of aryl methyl sites for hydroxylation is 6. The molecule has 0 amide bonds. The molecule has 0 bridgehead atoms. The standard InChI is InChI=1S/C35H42N4O4S.C19H26N4O2S/c1-42-30-15-9-25(10-16-30)23-39(24-26-11-17-31(43-2)18-12-26)44(40,41)33-19-21-38(37-33)20-4-3-6-27-13-14-29-22-28-7-5-8-32(28)35(36)34(27)29;20-19-16-6-3-5-14(16)12-15-8-7-13(18(15)19)4-1-2-10-23-11-9-17(22-23)26(21,24)25/h9-12,15-19,21-22,27H,3-8,13-14,20,23-24,36H2,1-2H3;9,11-13H,1-8,10,20H2,(H2,21,24,25). The Balaban J connectivity index is 0.000000198. The number of aromatic nitrogens is 4. The maximum atomic E-state index is 13.9. The second kappa shape index (κ2) is 21.4. The fourth-order valence-electron chi connectivity index (χ4n) is 11.4. The van der Waals surface area contributed by atoms with Crippen LogP contribution in [0.2, 0.25) is 0 Å². The van der Waals surface area contributed by atoms with E-state index < -0.39 is 20.0 Å². The van der Waals surface area contributed by atoms with Crippen molar-refractivity contribution in [3.63, 3.8) is 0 Å². The molecule has 4 aliphatic carbocycles. The molecular weight excluding hydrogens is 921 g/mol. The first kappa shape index (κ1) is 49.3. The van der Waals surface area contributed by atoms with Crippen LogP contribution in [0.5, 0.6) is 11.5 Å². The first-order valence-corrected chi connectivity index (χ1v) is 28.0. The molecule has 16 heteroatoms. The predicted octanol–water partition coefficient (Wildman–Crippen LogP) is 8.76. The summed E-state index contributed by atoms with van der Waals surface area (Å²) in [4.78, 5) is 0. The van der Waals surface area contributed by atoms with Crippen molar-refractivity contribution < 1.29 is 26.3 Å². The smallest absolute Gasteiger partial charge is 0.262 e. The van der Waals surface area contributed by atoms with Gasteiger partial charge in [0.2, 0.25) is 0 Å². The summed E-state index contributed by atoms with van der Waals surface area (Å²) in [6.45, 7) is 1.79. The number of hydrogen-bond donors (Lipinski definition) is 3. The van der Waals surface area contributed by atoms with Crippen molar-refractivity contribution in [2.45, 2.75) is 151 Å². The zero-order valence-electron chi connectivity index (χ0n) is 40.6. The summed E-state index contributed by atoms with van der Waals surface area (Å²) in [5.41, 5.74) is 28.6. The number of fused-ring (bicyclic) bond motifs is 4. The van der Waals surface area contributed by atoms with E-state index in [0.717, 1.165) is 98.2 Å². The quantitative estimate of drug-likeness (QED) is 0.0520. The molecule has 372 valence electrons. The number of nitrogen functional groups attached to an aromatic ring is 2. The molecule has 10 rings (SSSR count). The Labute approximate surface area is 413 Å². The van der Waals surface area contributed by atoms with Crippen LogP contribution in [0.3, 0.4) is 0 Å². The molecule has 2 aromatic heterocycles. The highest BCUT2D eigenvalue weighted by atomic mass is 32.2. The average molecular weight is 989 g/mol. The maximum Gasteiger partial charge on any atom is 0.262 e. The number of ether oxygens (including phenoxy) is 2. The third-order valence-electron chi connectivity index (χ3n) is 15.0. The third-order valence-corrected chi connectivity index (χ3v) is 17.5. The second-order valence-corrected chi connectivity index (χ2v) is 22.9. The lowest BCUT2D eigenvalue weighted by molar-refractivity contribution is 0.394. The summed E-state index contributed by atoms with van der Waals surface area (Å²) < 4.78 is 65.8. The minimum absolute atomic E-state index is 0.0610. The summed E-state index contributed by atoms with van der Waals surface area (Å²) in [5.74, 6) is 2.53. The molecule has 6 N–H and O–H groups in total. The minimum Gasteiger partial charge on any atom is -0.497 e. The van der Waals surface area contributed by atoms with Crippen molar-refractivity contribution in [2.24, 2.45) is 5.14 Å². The van der Waals surface area contributed by atoms with Crippen LogP contribution in [0.25, 0.3) is 0 Å². The van der Waals surface area contributed by atoms with Crippen molar-refractivity contribution in [2.75, 3.05) is 25.7 Å². The van der Waals surface area contributed by atoms with Gasteiger partial charge in [-0.05, 0) is 194 Å². The molecular formula is C54H68N8O6S2. The molecule has 0 saturated heterocycles. The number of anilines is 2. The number of hydrogen-bond acceptors (Lipinski definition) is 10. The summed E-state index contributed by atoms with van der Waals surface area (Å²) in [7, 11) is -4.36. The second-order valence-electron chi connectivity index (χ2n) is 19.5. The first-order valence-electron chi connectivity index (χ1n) is 25.0. The van der Waals surface area contributed by atoms with Crippen molar-refractivity contribution in [3.8, 4) is 11.5 Å². The van der Waals surface area contributed by atoms with Gasteiger partial charge in [0, 0.05) is 49.9 Å². The number of primary sulfonamides is 1. The van der Waals surface area contributed by atoms with Crippen LogP contribution in [0.4, 0.5) is 11.4 Å². The molecule has 2 heterocycles. The van der Waals surface area contributed by atoms with E-state index in [0.29, 0.717) is 24.9 Å². The average Bonchev–Trinajstić information content (AvgIpc) is 4.22. The zero-order valence-corrected chi connectivity index (χ0v) is 42.2. The van der Waals surface area contributed by atoms with E-state index in [1.165, 1.54) is 93.4 Å². The Morgan fingerprint density at radius 1 is 0.586 bits per heavy atom. The largest absolute Gasteiger partial charge is 0.497 e. The highest BCUT2D eigenvalue weighted by Gasteiger charge is 2.31. The first-order chi connectivity index (χ1) is 33.8. The van der Waals surface area contributed by atoms with E-state index in [1.54, 1.807) is 42.0 Å². The van der Waals surface area contributed by atoms with Crippen LogP contribution >= 0.6 is 0 Å². The number of nitrogens with two attached hydrogens (primary N) is 3. The van der Waals surface area contributed by atoms with E-state index in [4.69, 9.17) is 26.1 Å². The van der Waals surface area contributed by atoms with E-state index in [-0.39, 0.29) is 23.1 Å². The molecule has 6 aromatic rings. The number of methoxy groups -OCH3 is 2. The molecule has 0 radical (unpaired) electrons. The number of nitrogens with zero attached hydrogens (tertiary/aromatic N) is 5. The van der Waals surface area contributed by atoms with Gasteiger partial charge >= 0.3 is 0 Å². The van der Waals surface area contributed by atoms with Gasteiger partial charge in [-0.3, -0.25) is 9.36 Å². The number of sulfonamides is 2. The molecule has 0 fully saturated rings. The minimum atomic E-state index is -3.87. The van der Waals surface area contributed by atoms with E-state index >= 15 is 0 Å². The molecule has 70 heavy (non-hydrogen) atoms. The Morgan fingerprint density at radius 3 is 1.46 bits per heavy atom. The summed E-state index contributed by atoms with van der Waals surface area (Å²) in [6, 6.07) is 22.8. The normalized spacial score (nSPS) is 17.0. The summed E-state index contributed by atoms with van der Waals surface area (Å²) in [6.07, 6.45) is 21.4. The fourth-order valence-corrected chi connectivity index (χ4v) is 13.2. The number of unbranched alkanes of at least 4 members (excludes halogenated alkanes) is 2. The van der Waals surface area contributed by atoms with E-state index in [1.807, 2.05) is 48.5 Å². The monoisotopic (exact) mass is 988 g/mol. The molecule has 4 aliphatic rings. The van der Waals surface area contributed by atoms with Gasteiger partial charge in [-0.15, -0.1) is 0 Å². The predicted molar refractivity (Wildman–Crippen MR) is 274 cm³/mol. The Morgan fingerprint density at radius 2 is 1.03 bits per heavy atom.